The van der Waals surface area contributed by atoms with Crippen molar-refractivity contribution in [3.8, 4) is 0 Å². The minimum atomic E-state index is -0.178. The van der Waals surface area contributed by atoms with Crippen LogP contribution in [-0.2, 0) is 4.79 Å². The number of nitrogens with zero attached hydrogens (tertiary/aromatic N) is 4. The van der Waals surface area contributed by atoms with Crippen LogP contribution in [0.4, 0.5) is 5.00 Å². The molecule has 0 radical (unpaired) electrons. The van der Waals surface area contributed by atoms with Crippen LogP contribution in [0.2, 0.25) is 5.02 Å². The van der Waals surface area contributed by atoms with E-state index in [1.807, 2.05) is 31.2 Å². The molecule has 0 N–H and O–H groups in total. The minimum Gasteiger partial charge on any atom is -0.317 e. The van der Waals surface area contributed by atoms with Crippen LogP contribution in [-0.4, -0.2) is 37.1 Å². The smallest absolute Gasteiger partial charge is 0.129 e. The van der Waals surface area contributed by atoms with Gasteiger partial charge in [-0.3, -0.25) is 4.99 Å². The third-order valence-electron chi connectivity index (χ3n) is 4.65. The van der Waals surface area contributed by atoms with E-state index in [0.29, 0.717) is 18.0 Å². The van der Waals surface area contributed by atoms with Crippen molar-refractivity contribution in [1.29, 1.82) is 0 Å². The Morgan fingerprint density at radius 3 is 2.74 bits per heavy atom. The molecule has 0 saturated heterocycles. The summed E-state index contributed by atoms with van der Waals surface area (Å²) in [5.74, 6) is 0.732. The molecular weight excluding hydrogens is 380 g/mol. The Balaban J connectivity index is 2.25. The van der Waals surface area contributed by atoms with Crippen LogP contribution in [0.5, 0.6) is 0 Å². The first-order chi connectivity index (χ1) is 13.0. The average Bonchev–Trinajstić information content (AvgIpc) is 2.83. The number of fused-ring (bicyclic) bond motifs is 1. The molecule has 0 bridgehead atoms. The number of anilines is 1. The Hall–Kier alpha value is -2.31. The van der Waals surface area contributed by atoms with Crippen molar-refractivity contribution in [1.82, 2.24) is 0 Å². The van der Waals surface area contributed by atoms with Crippen molar-refractivity contribution in [3.63, 3.8) is 0 Å². The van der Waals surface area contributed by atoms with Gasteiger partial charge in [-0.05, 0) is 38.5 Å². The molecule has 0 amide bonds. The summed E-state index contributed by atoms with van der Waals surface area (Å²) >= 11 is 7.77. The normalized spacial score (nSPS) is 17.2. The number of aryl methyl sites for hydroxylation is 1. The lowest BCUT2D eigenvalue weighted by Crippen LogP contribution is -2.34. The number of benzene rings is 1. The van der Waals surface area contributed by atoms with Crippen molar-refractivity contribution in [2.45, 2.75) is 33.2 Å². The highest BCUT2D eigenvalue weighted by molar-refractivity contribution is 7.17. The highest BCUT2D eigenvalue weighted by atomic mass is 35.5. The standard InChI is InChI=1S/C20H21ClN4OS/c1-12-13(2)27-20-18(12)19(15-5-7-16(21)8-6-15)23-17(9-10-26)11-25(20)14(3)24-22-4/h5-8,10,17H,4,9,11H2,1-3H3/b24-14-/t17-/m0/s1. The summed E-state index contributed by atoms with van der Waals surface area (Å²) < 4.78 is 0. The lowest BCUT2D eigenvalue weighted by atomic mass is 10.00. The molecule has 0 unspecified atom stereocenters. The van der Waals surface area contributed by atoms with Crippen molar-refractivity contribution in [2.75, 3.05) is 11.4 Å². The number of amidine groups is 1. The number of carbonyl (C=O) groups excluding carboxylic acids is 1. The molecule has 2 heterocycles. The maximum atomic E-state index is 11.2. The lowest BCUT2D eigenvalue weighted by Gasteiger charge is -2.23. The predicted molar refractivity (Wildman–Crippen MR) is 115 cm³/mol. The number of thiophene rings is 1. The van der Waals surface area contributed by atoms with Gasteiger partial charge in [-0.1, -0.05) is 23.7 Å². The monoisotopic (exact) mass is 400 g/mol. The zero-order chi connectivity index (χ0) is 19.6. The number of hydrogen-bond acceptors (Lipinski definition) is 5. The van der Waals surface area contributed by atoms with Crippen LogP contribution in [0.25, 0.3) is 0 Å². The maximum absolute atomic E-state index is 11.2. The van der Waals surface area contributed by atoms with Crippen molar-refractivity contribution in [2.24, 2.45) is 15.2 Å². The first-order valence-electron chi connectivity index (χ1n) is 8.61. The fraction of sp³-hybridized carbons (Fsp3) is 0.300. The van der Waals surface area contributed by atoms with Gasteiger partial charge in [-0.15, -0.1) is 16.4 Å². The van der Waals surface area contributed by atoms with Crippen LogP contribution in [0.3, 0.4) is 0 Å². The number of aldehydes is 1. The van der Waals surface area contributed by atoms with Crippen LogP contribution in [0.1, 0.15) is 34.9 Å². The van der Waals surface area contributed by atoms with Gasteiger partial charge >= 0.3 is 0 Å². The molecule has 1 aromatic heterocycles. The van der Waals surface area contributed by atoms with E-state index in [1.165, 1.54) is 10.4 Å². The van der Waals surface area contributed by atoms with Gasteiger partial charge in [0.2, 0.25) is 0 Å². The summed E-state index contributed by atoms with van der Waals surface area (Å²) in [6.45, 7) is 10.1. The summed E-state index contributed by atoms with van der Waals surface area (Å²) in [6, 6.07) is 7.48. The molecule has 27 heavy (non-hydrogen) atoms. The molecule has 0 saturated carbocycles. The minimum absolute atomic E-state index is 0.178. The molecule has 1 atom stereocenters. The van der Waals surface area contributed by atoms with Gasteiger partial charge < -0.3 is 9.69 Å². The molecule has 0 aliphatic carbocycles. The zero-order valence-corrected chi connectivity index (χ0v) is 17.1. The number of carbonyl (C=O) groups is 1. The fourth-order valence-corrected chi connectivity index (χ4v) is 4.50. The van der Waals surface area contributed by atoms with Crippen LogP contribution >= 0.6 is 22.9 Å². The second kappa shape index (κ2) is 8.15. The molecular formula is C20H21ClN4OS. The van der Waals surface area contributed by atoms with E-state index in [4.69, 9.17) is 16.6 Å². The molecule has 0 spiro atoms. The van der Waals surface area contributed by atoms with Gasteiger partial charge in [0.1, 0.15) is 17.1 Å². The second-order valence-corrected chi connectivity index (χ2v) is 8.04. The highest BCUT2D eigenvalue weighted by Gasteiger charge is 2.30. The number of halogens is 1. The van der Waals surface area contributed by atoms with Gasteiger partial charge in [0.15, 0.2) is 0 Å². The van der Waals surface area contributed by atoms with Crippen molar-refractivity contribution >= 4 is 52.5 Å². The van der Waals surface area contributed by atoms with Crippen LogP contribution in [0.15, 0.2) is 39.5 Å². The second-order valence-electron chi connectivity index (χ2n) is 6.40. The summed E-state index contributed by atoms with van der Waals surface area (Å²) in [4.78, 5) is 19.5. The quantitative estimate of drug-likeness (QED) is 0.324. The zero-order valence-electron chi connectivity index (χ0n) is 15.6. The number of hydrogen-bond donors (Lipinski definition) is 0. The maximum Gasteiger partial charge on any atom is 0.129 e. The van der Waals surface area contributed by atoms with Gasteiger partial charge in [0.05, 0.1) is 11.8 Å². The third kappa shape index (κ3) is 3.87. The van der Waals surface area contributed by atoms with Crippen LogP contribution < -0.4 is 4.90 Å². The Labute approximate surface area is 168 Å². The SMILES string of the molecule is C=N/N=C(/C)N1C[C@H](CC=O)N=C(c2ccc(Cl)cc2)c2c1sc(C)c2C. The molecule has 1 aliphatic rings. The van der Waals surface area contributed by atoms with E-state index < -0.39 is 0 Å². The van der Waals surface area contributed by atoms with Gasteiger partial charge in [0.25, 0.3) is 0 Å². The molecule has 7 heteroatoms. The Morgan fingerprint density at radius 1 is 1.41 bits per heavy atom. The van der Waals surface area contributed by atoms with E-state index in [2.05, 4.69) is 35.7 Å². The Morgan fingerprint density at radius 2 is 2.11 bits per heavy atom. The summed E-state index contributed by atoms with van der Waals surface area (Å²) in [7, 11) is 0. The summed E-state index contributed by atoms with van der Waals surface area (Å²) in [5.41, 5.74) is 4.12. The molecule has 1 aliphatic heterocycles. The lowest BCUT2D eigenvalue weighted by molar-refractivity contribution is -0.108. The van der Waals surface area contributed by atoms with E-state index in [-0.39, 0.29) is 6.04 Å². The van der Waals surface area contributed by atoms with Crippen LogP contribution in [0, 0.1) is 13.8 Å². The molecule has 2 aromatic rings. The van der Waals surface area contributed by atoms with Crippen molar-refractivity contribution in [3.05, 3.63) is 50.9 Å². The molecule has 0 fully saturated rings. The van der Waals surface area contributed by atoms with Crippen molar-refractivity contribution < 1.29 is 4.79 Å². The van der Waals surface area contributed by atoms with E-state index in [0.717, 1.165) is 34.0 Å². The summed E-state index contributed by atoms with van der Waals surface area (Å²) in [6.07, 6.45) is 1.26. The first kappa shape index (κ1) is 19.5. The number of rotatable bonds is 4. The summed E-state index contributed by atoms with van der Waals surface area (Å²) in [5, 5.41) is 9.56. The molecule has 5 nitrogen and oxygen atoms in total. The van der Waals surface area contributed by atoms with Gasteiger partial charge in [-0.2, -0.15) is 5.10 Å². The topological polar surface area (TPSA) is 57.4 Å². The molecule has 1 aromatic carbocycles. The Bertz CT molecular complexity index is 930. The highest BCUT2D eigenvalue weighted by Crippen LogP contribution is 2.39. The predicted octanol–water partition coefficient (Wildman–Crippen LogP) is 4.67. The van der Waals surface area contributed by atoms with E-state index in [1.54, 1.807) is 11.3 Å². The number of aliphatic imine (C=N–C) groups is 1. The average molecular weight is 401 g/mol. The third-order valence-corrected chi connectivity index (χ3v) is 6.13. The van der Waals surface area contributed by atoms with Gasteiger partial charge in [-0.25, -0.2) is 0 Å². The molecule has 3 rings (SSSR count). The first-order valence-corrected chi connectivity index (χ1v) is 9.81. The molecule has 140 valence electrons. The van der Waals surface area contributed by atoms with E-state index in [9.17, 15) is 4.79 Å². The Kier molecular flexibility index (Phi) is 5.87. The fourth-order valence-electron chi connectivity index (χ4n) is 3.16. The van der Waals surface area contributed by atoms with Gasteiger partial charge in [0, 0.05) is 40.7 Å². The largest absolute Gasteiger partial charge is 0.317 e. The van der Waals surface area contributed by atoms with E-state index >= 15 is 0 Å².